The molecule has 0 aliphatic heterocycles. The normalized spacial score (nSPS) is 10.0. The van der Waals surface area contributed by atoms with Crippen molar-refractivity contribution in [2.45, 2.75) is 6.54 Å². The molecule has 0 unspecified atom stereocenters. The second kappa shape index (κ2) is 4.71. The third kappa shape index (κ3) is 2.34. The molecule has 0 aliphatic carbocycles. The Morgan fingerprint density at radius 1 is 1.50 bits per heavy atom. The standard InChI is InChI=1S/C10H10N4OS/c11-9-8(2-1-3-12-9)10(15)13-4-7-5-16-6-14-7/h1-3,5-6H,4H2,(H2,11,12)(H,13,15). The van der Waals surface area contributed by atoms with Crippen LogP contribution in [0.1, 0.15) is 16.1 Å². The smallest absolute Gasteiger partial charge is 0.255 e. The molecule has 0 radical (unpaired) electrons. The topological polar surface area (TPSA) is 80.9 Å². The molecule has 16 heavy (non-hydrogen) atoms. The van der Waals surface area contributed by atoms with Gasteiger partial charge in [0.15, 0.2) is 0 Å². The van der Waals surface area contributed by atoms with E-state index in [0.717, 1.165) is 5.69 Å². The van der Waals surface area contributed by atoms with Crippen molar-refractivity contribution < 1.29 is 4.79 Å². The molecule has 82 valence electrons. The lowest BCUT2D eigenvalue weighted by Crippen LogP contribution is -2.24. The van der Waals surface area contributed by atoms with E-state index >= 15 is 0 Å². The minimum atomic E-state index is -0.237. The summed E-state index contributed by atoms with van der Waals surface area (Å²) < 4.78 is 0. The van der Waals surface area contributed by atoms with Crippen molar-refractivity contribution in [2.24, 2.45) is 0 Å². The van der Waals surface area contributed by atoms with Crippen LogP contribution in [0.3, 0.4) is 0 Å². The van der Waals surface area contributed by atoms with Crippen molar-refractivity contribution in [3.63, 3.8) is 0 Å². The molecule has 0 bridgehead atoms. The van der Waals surface area contributed by atoms with E-state index in [1.807, 2.05) is 5.38 Å². The van der Waals surface area contributed by atoms with Gasteiger partial charge in [0.25, 0.3) is 5.91 Å². The summed E-state index contributed by atoms with van der Waals surface area (Å²) in [5, 5.41) is 4.61. The Balaban J connectivity index is 2.01. The first-order chi connectivity index (χ1) is 7.77. The zero-order valence-electron chi connectivity index (χ0n) is 8.38. The summed E-state index contributed by atoms with van der Waals surface area (Å²) in [4.78, 5) is 19.6. The van der Waals surface area contributed by atoms with Gasteiger partial charge in [0.1, 0.15) is 5.82 Å². The molecule has 0 saturated heterocycles. The predicted molar refractivity (Wildman–Crippen MR) is 61.9 cm³/mol. The fraction of sp³-hybridized carbons (Fsp3) is 0.100. The van der Waals surface area contributed by atoms with Gasteiger partial charge in [-0.3, -0.25) is 4.79 Å². The van der Waals surface area contributed by atoms with E-state index in [0.29, 0.717) is 12.1 Å². The third-order valence-electron chi connectivity index (χ3n) is 2.00. The Morgan fingerprint density at radius 2 is 2.38 bits per heavy atom. The molecule has 1 amide bonds. The van der Waals surface area contributed by atoms with E-state index in [2.05, 4.69) is 15.3 Å². The molecule has 0 fully saturated rings. The summed E-state index contributed by atoms with van der Waals surface area (Å²) in [5.74, 6) is -0.00289. The van der Waals surface area contributed by atoms with Gasteiger partial charge in [0, 0.05) is 11.6 Å². The van der Waals surface area contributed by atoms with Crippen LogP contribution in [-0.4, -0.2) is 15.9 Å². The number of amides is 1. The maximum Gasteiger partial charge on any atom is 0.255 e. The summed E-state index contributed by atoms with van der Waals surface area (Å²) in [6, 6.07) is 3.31. The number of carbonyl (C=O) groups is 1. The van der Waals surface area contributed by atoms with E-state index in [4.69, 9.17) is 5.73 Å². The van der Waals surface area contributed by atoms with Gasteiger partial charge < -0.3 is 11.1 Å². The van der Waals surface area contributed by atoms with Gasteiger partial charge in [-0.1, -0.05) is 0 Å². The molecule has 2 heterocycles. The zero-order valence-corrected chi connectivity index (χ0v) is 9.20. The van der Waals surface area contributed by atoms with Crippen LogP contribution >= 0.6 is 11.3 Å². The van der Waals surface area contributed by atoms with E-state index in [-0.39, 0.29) is 11.7 Å². The number of hydrogen-bond donors (Lipinski definition) is 2. The van der Waals surface area contributed by atoms with Crippen LogP contribution in [0.2, 0.25) is 0 Å². The minimum Gasteiger partial charge on any atom is -0.383 e. The number of pyridine rings is 1. The van der Waals surface area contributed by atoms with Crippen LogP contribution in [0.4, 0.5) is 5.82 Å². The van der Waals surface area contributed by atoms with Crippen LogP contribution in [0.25, 0.3) is 0 Å². The largest absolute Gasteiger partial charge is 0.383 e. The summed E-state index contributed by atoms with van der Waals surface area (Å²) in [7, 11) is 0. The summed E-state index contributed by atoms with van der Waals surface area (Å²) in [6.45, 7) is 0.399. The Morgan fingerprint density at radius 3 is 3.06 bits per heavy atom. The molecule has 6 heteroatoms. The fourth-order valence-corrected chi connectivity index (χ4v) is 1.76. The van der Waals surface area contributed by atoms with Gasteiger partial charge >= 0.3 is 0 Å². The van der Waals surface area contributed by atoms with Crippen LogP contribution in [0.15, 0.2) is 29.2 Å². The first-order valence-corrected chi connectivity index (χ1v) is 5.57. The first kappa shape index (κ1) is 10.6. The van der Waals surface area contributed by atoms with Gasteiger partial charge in [-0.2, -0.15) is 0 Å². The average molecular weight is 234 g/mol. The Hall–Kier alpha value is -1.95. The SMILES string of the molecule is Nc1ncccc1C(=O)NCc1cscn1. The number of carbonyl (C=O) groups excluding carboxylic acids is 1. The molecule has 2 aromatic heterocycles. The number of nitrogens with two attached hydrogens (primary N) is 1. The number of nitrogens with one attached hydrogen (secondary N) is 1. The van der Waals surface area contributed by atoms with E-state index in [1.165, 1.54) is 11.3 Å². The number of rotatable bonds is 3. The van der Waals surface area contributed by atoms with Crippen molar-refractivity contribution in [1.82, 2.24) is 15.3 Å². The lowest BCUT2D eigenvalue weighted by atomic mass is 10.2. The van der Waals surface area contributed by atoms with Crippen molar-refractivity contribution in [1.29, 1.82) is 0 Å². The monoisotopic (exact) mass is 234 g/mol. The molecule has 0 atom stereocenters. The van der Waals surface area contributed by atoms with Crippen molar-refractivity contribution in [3.05, 3.63) is 40.5 Å². The molecule has 5 nitrogen and oxygen atoms in total. The lowest BCUT2D eigenvalue weighted by Gasteiger charge is -2.04. The maximum atomic E-state index is 11.7. The van der Waals surface area contributed by atoms with Crippen LogP contribution in [0, 0.1) is 0 Å². The van der Waals surface area contributed by atoms with Gasteiger partial charge in [-0.05, 0) is 12.1 Å². The van der Waals surface area contributed by atoms with Gasteiger partial charge in [0.05, 0.1) is 23.3 Å². The molecular weight excluding hydrogens is 224 g/mol. The Bertz CT molecular complexity index is 483. The highest BCUT2D eigenvalue weighted by Crippen LogP contribution is 2.07. The van der Waals surface area contributed by atoms with Gasteiger partial charge in [-0.25, -0.2) is 9.97 Å². The van der Waals surface area contributed by atoms with Crippen LogP contribution in [-0.2, 0) is 6.54 Å². The number of anilines is 1. The summed E-state index contributed by atoms with van der Waals surface area (Å²) >= 11 is 1.49. The molecule has 2 aromatic rings. The van der Waals surface area contributed by atoms with Crippen LogP contribution in [0.5, 0.6) is 0 Å². The van der Waals surface area contributed by atoms with E-state index in [1.54, 1.807) is 23.8 Å². The van der Waals surface area contributed by atoms with E-state index < -0.39 is 0 Å². The van der Waals surface area contributed by atoms with Gasteiger partial charge in [0.2, 0.25) is 0 Å². The summed E-state index contributed by atoms with van der Waals surface area (Å²) in [5.41, 5.74) is 8.53. The second-order valence-corrected chi connectivity index (χ2v) is 3.82. The highest BCUT2D eigenvalue weighted by atomic mass is 32.1. The van der Waals surface area contributed by atoms with E-state index in [9.17, 15) is 4.79 Å². The lowest BCUT2D eigenvalue weighted by molar-refractivity contribution is 0.0951. The predicted octanol–water partition coefficient (Wildman–Crippen LogP) is 1.05. The highest BCUT2D eigenvalue weighted by molar-refractivity contribution is 7.07. The minimum absolute atomic E-state index is 0.235. The molecule has 0 saturated carbocycles. The third-order valence-corrected chi connectivity index (χ3v) is 2.63. The van der Waals surface area contributed by atoms with Crippen LogP contribution < -0.4 is 11.1 Å². The molecule has 0 spiro atoms. The zero-order chi connectivity index (χ0) is 11.4. The fourth-order valence-electron chi connectivity index (χ4n) is 1.20. The summed E-state index contributed by atoms with van der Waals surface area (Å²) in [6.07, 6.45) is 1.55. The molecule has 3 N–H and O–H groups in total. The Kier molecular flexibility index (Phi) is 3.11. The number of nitrogens with zero attached hydrogens (tertiary/aromatic N) is 2. The average Bonchev–Trinajstić information content (AvgIpc) is 2.79. The molecular formula is C10H10N4OS. The number of hydrogen-bond acceptors (Lipinski definition) is 5. The highest BCUT2D eigenvalue weighted by Gasteiger charge is 2.09. The number of aromatic nitrogens is 2. The molecule has 0 aromatic carbocycles. The first-order valence-electron chi connectivity index (χ1n) is 4.63. The van der Waals surface area contributed by atoms with Crippen molar-refractivity contribution in [2.75, 3.05) is 5.73 Å². The molecule has 2 rings (SSSR count). The number of nitrogen functional groups attached to an aromatic ring is 1. The van der Waals surface area contributed by atoms with Gasteiger partial charge in [-0.15, -0.1) is 11.3 Å². The molecule has 0 aliphatic rings. The Labute approximate surface area is 96.3 Å². The second-order valence-electron chi connectivity index (χ2n) is 3.10. The van der Waals surface area contributed by atoms with Crippen molar-refractivity contribution >= 4 is 23.1 Å². The quantitative estimate of drug-likeness (QED) is 0.831. The number of thiazole rings is 1. The van der Waals surface area contributed by atoms with Crippen molar-refractivity contribution in [3.8, 4) is 0 Å². The maximum absolute atomic E-state index is 11.7.